The maximum atomic E-state index is 12.9. The van der Waals surface area contributed by atoms with Crippen LogP contribution in [0.2, 0.25) is 0 Å². The van der Waals surface area contributed by atoms with Crippen molar-refractivity contribution in [3.63, 3.8) is 0 Å². The minimum Gasteiger partial charge on any atom is -0.313 e. The van der Waals surface area contributed by atoms with Gasteiger partial charge in [-0.25, -0.2) is 8.42 Å². The SMILES string of the molecule is CC(=O)NNC(=O)c1ccsc1NC(=O)c1ccc(S(=O)(=O)N(C)c2ccccc2)cc1. The van der Waals surface area contributed by atoms with Gasteiger partial charge in [-0.3, -0.25) is 29.5 Å². The summed E-state index contributed by atoms with van der Waals surface area (Å²) in [7, 11) is -2.35. The molecule has 0 bridgehead atoms. The lowest BCUT2D eigenvalue weighted by molar-refractivity contribution is -0.119. The molecule has 0 atom stereocenters. The number of thiophene rings is 1. The molecule has 0 aliphatic heterocycles. The standard InChI is InChI=1S/C21H20N4O5S2/c1-14(26)23-24-20(28)18-12-13-31-21(18)22-19(27)15-8-10-17(11-9-15)32(29,30)25(2)16-6-4-3-5-7-16/h3-13H,1-2H3,(H,22,27)(H,23,26)(H,24,28). The number of sulfonamides is 1. The van der Waals surface area contributed by atoms with E-state index in [1.54, 1.807) is 35.7 Å². The molecule has 0 fully saturated rings. The van der Waals surface area contributed by atoms with Crippen LogP contribution < -0.4 is 20.5 Å². The summed E-state index contributed by atoms with van der Waals surface area (Å²) >= 11 is 1.14. The highest BCUT2D eigenvalue weighted by molar-refractivity contribution is 7.92. The quantitative estimate of drug-likeness (QED) is 0.476. The molecule has 0 saturated heterocycles. The number of hydrazine groups is 1. The third-order valence-electron chi connectivity index (χ3n) is 4.38. The van der Waals surface area contributed by atoms with Crippen LogP contribution >= 0.6 is 11.3 Å². The van der Waals surface area contributed by atoms with E-state index in [4.69, 9.17) is 0 Å². The Morgan fingerprint density at radius 1 is 0.875 bits per heavy atom. The molecule has 166 valence electrons. The van der Waals surface area contributed by atoms with E-state index in [1.165, 1.54) is 44.3 Å². The minimum atomic E-state index is -3.80. The number of anilines is 2. The fourth-order valence-electron chi connectivity index (χ4n) is 2.69. The van der Waals surface area contributed by atoms with Gasteiger partial charge in [-0.05, 0) is 47.8 Å². The van der Waals surface area contributed by atoms with Gasteiger partial charge in [0.15, 0.2) is 0 Å². The first-order valence-electron chi connectivity index (χ1n) is 9.30. The van der Waals surface area contributed by atoms with Crippen molar-refractivity contribution in [3.05, 3.63) is 77.2 Å². The van der Waals surface area contributed by atoms with E-state index in [9.17, 15) is 22.8 Å². The van der Waals surface area contributed by atoms with E-state index in [-0.39, 0.29) is 16.0 Å². The number of carbonyl (C=O) groups is 3. The fraction of sp³-hybridized carbons (Fsp3) is 0.0952. The molecule has 0 spiro atoms. The molecule has 0 saturated carbocycles. The van der Waals surface area contributed by atoms with Crippen molar-refractivity contribution in [2.75, 3.05) is 16.7 Å². The van der Waals surface area contributed by atoms with Crippen LogP contribution in [0.1, 0.15) is 27.6 Å². The zero-order valence-electron chi connectivity index (χ0n) is 17.2. The second kappa shape index (κ2) is 9.62. The first-order valence-corrected chi connectivity index (χ1v) is 11.6. The number of rotatable bonds is 6. The molecule has 3 N–H and O–H groups in total. The van der Waals surface area contributed by atoms with Gasteiger partial charge in [-0.2, -0.15) is 0 Å². The molecule has 0 radical (unpaired) electrons. The molecule has 1 aromatic heterocycles. The van der Waals surface area contributed by atoms with Crippen molar-refractivity contribution >= 4 is 49.8 Å². The highest BCUT2D eigenvalue weighted by atomic mass is 32.2. The van der Waals surface area contributed by atoms with E-state index < -0.39 is 27.7 Å². The van der Waals surface area contributed by atoms with Crippen LogP contribution in [0.25, 0.3) is 0 Å². The number of hydrogen-bond donors (Lipinski definition) is 3. The van der Waals surface area contributed by atoms with Gasteiger partial charge in [0.1, 0.15) is 5.00 Å². The molecular weight excluding hydrogens is 452 g/mol. The first-order chi connectivity index (χ1) is 15.2. The third-order valence-corrected chi connectivity index (χ3v) is 7.01. The molecule has 32 heavy (non-hydrogen) atoms. The second-order valence-electron chi connectivity index (χ2n) is 6.59. The van der Waals surface area contributed by atoms with Gasteiger partial charge in [0, 0.05) is 19.5 Å². The molecule has 0 unspecified atom stereocenters. The summed E-state index contributed by atoms with van der Waals surface area (Å²) < 4.78 is 26.9. The molecule has 3 rings (SSSR count). The van der Waals surface area contributed by atoms with Gasteiger partial charge in [-0.15, -0.1) is 11.3 Å². The van der Waals surface area contributed by atoms with E-state index in [2.05, 4.69) is 16.2 Å². The summed E-state index contributed by atoms with van der Waals surface area (Å²) in [5.41, 5.74) is 5.32. The Morgan fingerprint density at radius 3 is 2.16 bits per heavy atom. The Bertz CT molecular complexity index is 1240. The van der Waals surface area contributed by atoms with E-state index in [0.717, 1.165) is 15.6 Å². The van der Waals surface area contributed by atoms with E-state index >= 15 is 0 Å². The summed E-state index contributed by atoms with van der Waals surface area (Å²) in [5, 5.41) is 4.54. The van der Waals surface area contributed by atoms with E-state index in [0.29, 0.717) is 10.7 Å². The van der Waals surface area contributed by atoms with E-state index in [1.807, 2.05) is 0 Å². The maximum absolute atomic E-state index is 12.9. The first kappa shape index (κ1) is 23.0. The third kappa shape index (κ3) is 5.13. The molecule has 9 nitrogen and oxygen atoms in total. The summed E-state index contributed by atoms with van der Waals surface area (Å²) in [5.74, 6) is -1.53. The lowest BCUT2D eigenvalue weighted by Crippen LogP contribution is -2.40. The zero-order valence-corrected chi connectivity index (χ0v) is 18.8. The highest BCUT2D eigenvalue weighted by Crippen LogP contribution is 2.25. The smallest absolute Gasteiger partial charge is 0.272 e. The molecule has 11 heteroatoms. The summed E-state index contributed by atoms with van der Waals surface area (Å²) in [6.07, 6.45) is 0. The Labute approximate surface area is 189 Å². The van der Waals surface area contributed by atoms with Crippen molar-refractivity contribution in [1.82, 2.24) is 10.9 Å². The number of benzene rings is 2. The highest BCUT2D eigenvalue weighted by Gasteiger charge is 2.22. The van der Waals surface area contributed by atoms with Crippen molar-refractivity contribution in [2.24, 2.45) is 0 Å². The summed E-state index contributed by atoms with van der Waals surface area (Å²) in [6.45, 7) is 1.25. The van der Waals surface area contributed by atoms with Gasteiger partial charge in [0.2, 0.25) is 5.91 Å². The minimum absolute atomic E-state index is 0.0342. The molecule has 0 aliphatic rings. The number of carbonyl (C=O) groups excluding carboxylic acids is 3. The van der Waals surface area contributed by atoms with Gasteiger partial charge in [0.25, 0.3) is 21.8 Å². The van der Waals surface area contributed by atoms with Gasteiger partial charge >= 0.3 is 0 Å². The average molecular weight is 473 g/mol. The zero-order chi connectivity index (χ0) is 23.3. The van der Waals surface area contributed by atoms with Gasteiger partial charge in [0.05, 0.1) is 16.1 Å². The van der Waals surface area contributed by atoms with Crippen molar-refractivity contribution in [2.45, 2.75) is 11.8 Å². The number of nitrogens with zero attached hydrogens (tertiary/aromatic N) is 1. The normalized spacial score (nSPS) is 10.8. The average Bonchev–Trinajstić information content (AvgIpc) is 3.25. The van der Waals surface area contributed by atoms with Crippen LogP contribution in [0.15, 0.2) is 70.9 Å². The number of nitrogens with one attached hydrogen (secondary N) is 3. The van der Waals surface area contributed by atoms with Crippen LogP contribution in [0.5, 0.6) is 0 Å². The Balaban J connectivity index is 1.73. The fourth-order valence-corrected chi connectivity index (χ4v) is 4.66. The van der Waals surface area contributed by atoms with Crippen molar-refractivity contribution < 1.29 is 22.8 Å². The number of hydrogen-bond acceptors (Lipinski definition) is 6. The lowest BCUT2D eigenvalue weighted by Gasteiger charge is -2.19. The van der Waals surface area contributed by atoms with Crippen LogP contribution in [0.3, 0.4) is 0 Å². The second-order valence-corrected chi connectivity index (χ2v) is 9.47. The predicted molar refractivity (Wildman–Crippen MR) is 122 cm³/mol. The van der Waals surface area contributed by atoms with Gasteiger partial charge in [-0.1, -0.05) is 18.2 Å². The topological polar surface area (TPSA) is 125 Å². The number of para-hydroxylation sites is 1. The molecule has 1 heterocycles. The lowest BCUT2D eigenvalue weighted by atomic mass is 10.2. The monoisotopic (exact) mass is 472 g/mol. The Hall–Kier alpha value is -3.70. The van der Waals surface area contributed by atoms with Crippen molar-refractivity contribution in [1.29, 1.82) is 0 Å². The molecule has 0 aliphatic carbocycles. The van der Waals surface area contributed by atoms with Crippen LogP contribution in [0, 0.1) is 0 Å². The van der Waals surface area contributed by atoms with Crippen molar-refractivity contribution in [3.8, 4) is 0 Å². The van der Waals surface area contributed by atoms with Gasteiger partial charge < -0.3 is 5.32 Å². The maximum Gasteiger partial charge on any atom is 0.272 e. The Kier molecular flexibility index (Phi) is 6.91. The number of amides is 3. The molecule has 3 aromatic rings. The molecule has 3 amide bonds. The molecular formula is C21H20N4O5S2. The summed E-state index contributed by atoms with van der Waals surface area (Å²) in [4.78, 5) is 35.7. The van der Waals surface area contributed by atoms with Crippen LogP contribution in [-0.2, 0) is 14.8 Å². The molecule has 2 aromatic carbocycles. The van der Waals surface area contributed by atoms with Crippen LogP contribution in [0.4, 0.5) is 10.7 Å². The summed E-state index contributed by atoms with van der Waals surface area (Å²) in [6, 6.07) is 15.6. The Morgan fingerprint density at radius 2 is 1.53 bits per heavy atom. The largest absolute Gasteiger partial charge is 0.313 e. The van der Waals surface area contributed by atoms with Crippen LogP contribution in [-0.4, -0.2) is 33.2 Å². The predicted octanol–water partition coefficient (Wildman–Crippen LogP) is 2.61.